The Bertz CT molecular complexity index is 370. The molecule has 0 aliphatic carbocycles. The van der Waals surface area contributed by atoms with Gasteiger partial charge in [-0.2, -0.15) is 0 Å². The Hall–Kier alpha value is -0.300. The summed E-state index contributed by atoms with van der Waals surface area (Å²) in [6.45, 7) is 14.3. The zero-order valence-electron chi connectivity index (χ0n) is 23.7. The number of unbranched alkanes of at least 4 members (excludes halogenated alkanes) is 17. The monoisotopic (exact) mass is 464 g/mol. The minimum absolute atomic E-state index is 0.187. The summed E-state index contributed by atoms with van der Waals surface area (Å²) in [5.74, 6) is 0. The van der Waals surface area contributed by atoms with E-state index in [-0.39, 0.29) is 5.41 Å². The van der Waals surface area contributed by atoms with Gasteiger partial charge < -0.3 is 4.74 Å². The first-order valence-corrected chi connectivity index (χ1v) is 15.5. The maximum Gasteiger partial charge on any atom is 0.0665 e. The predicted molar refractivity (Wildman–Crippen MR) is 151 cm³/mol. The van der Waals surface area contributed by atoms with Crippen molar-refractivity contribution in [3.63, 3.8) is 0 Å². The van der Waals surface area contributed by atoms with Gasteiger partial charge in [0.25, 0.3) is 0 Å². The molecule has 0 N–H and O–H groups in total. The van der Waals surface area contributed by atoms with E-state index < -0.39 is 0 Å². The number of hydrogen-bond donors (Lipinski definition) is 0. The van der Waals surface area contributed by atoms with Gasteiger partial charge in [0, 0.05) is 12.0 Å². The fourth-order valence-electron chi connectivity index (χ4n) is 5.45. The highest BCUT2D eigenvalue weighted by Gasteiger charge is 2.35. The molecular weight excluding hydrogens is 400 g/mol. The van der Waals surface area contributed by atoms with Crippen molar-refractivity contribution in [2.24, 2.45) is 5.41 Å². The molecule has 1 unspecified atom stereocenters. The van der Waals surface area contributed by atoms with Crippen molar-refractivity contribution < 1.29 is 4.74 Å². The fraction of sp³-hybridized carbons (Fsp3) is 0.938. The summed E-state index contributed by atoms with van der Waals surface area (Å²) >= 11 is 0. The molecule has 0 bridgehead atoms. The standard InChI is InChI=1S/C32H64O/c1-6-11-14-17-20-23-26-29-32(9-4,30-27-24-21-18-15-12-7-2)31(33-10-5)28-25-22-19-16-13-8-3/h9,31H,4,6-8,10-30H2,1-3,5H3. The maximum absolute atomic E-state index is 6.48. The van der Waals surface area contributed by atoms with Gasteiger partial charge in [-0.3, -0.25) is 0 Å². The predicted octanol–water partition coefficient (Wildman–Crippen LogP) is 11.6. The molecule has 0 saturated carbocycles. The third kappa shape index (κ3) is 17.7. The van der Waals surface area contributed by atoms with Gasteiger partial charge in [-0.15, -0.1) is 6.58 Å². The minimum Gasteiger partial charge on any atom is -0.378 e. The van der Waals surface area contributed by atoms with Crippen molar-refractivity contribution in [3.8, 4) is 0 Å². The van der Waals surface area contributed by atoms with Crippen molar-refractivity contribution >= 4 is 0 Å². The first-order chi connectivity index (χ1) is 16.2. The van der Waals surface area contributed by atoms with Crippen molar-refractivity contribution in [2.45, 2.75) is 181 Å². The molecule has 0 radical (unpaired) electrons. The van der Waals surface area contributed by atoms with Crippen molar-refractivity contribution in [1.29, 1.82) is 0 Å². The van der Waals surface area contributed by atoms with E-state index in [2.05, 4.69) is 40.3 Å². The third-order valence-corrected chi connectivity index (χ3v) is 7.73. The van der Waals surface area contributed by atoms with Crippen molar-refractivity contribution in [1.82, 2.24) is 0 Å². The van der Waals surface area contributed by atoms with E-state index >= 15 is 0 Å². The van der Waals surface area contributed by atoms with Crippen LogP contribution in [0.2, 0.25) is 0 Å². The van der Waals surface area contributed by atoms with Crippen molar-refractivity contribution in [2.75, 3.05) is 6.61 Å². The van der Waals surface area contributed by atoms with Gasteiger partial charge in [-0.05, 0) is 26.2 Å². The Balaban J connectivity index is 4.80. The molecule has 0 aromatic heterocycles. The summed E-state index contributed by atoms with van der Waals surface area (Å²) in [6.07, 6.45) is 34.1. The average Bonchev–Trinajstić information content (AvgIpc) is 2.83. The lowest BCUT2D eigenvalue weighted by Gasteiger charge is -2.39. The van der Waals surface area contributed by atoms with E-state index in [1.54, 1.807) is 0 Å². The summed E-state index contributed by atoms with van der Waals surface area (Å²) in [4.78, 5) is 0. The van der Waals surface area contributed by atoms with E-state index in [4.69, 9.17) is 4.74 Å². The minimum atomic E-state index is 0.187. The summed E-state index contributed by atoms with van der Waals surface area (Å²) in [6, 6.07) is 0. The van der Waals surface area contributed by atoms with Gasteiger partial charge in [0.05, 0.1) is 6.10 Å². The van der Waals surface area contributed by atoms with E-state index in [1.165, 1.54) is 148 Å². The largest absolute Gasteiger partial charge is 0.378 e. The smallest absolute Gasteiger partial charge is 0.0665 e. The molecule has 0 amide bonds. The van der Waals surface area contributed by atoms with Crippen LogP contribution in [0.25, 0.3) is 0 Å². The van der Waals surface area contributed by atoms with Crippen LogP contribution in [0.5, 0.6) is 0 Å². The number of ether oxygens (including phenoxy) is 1. The molecule has 0 fully saturated rings. The highest BCUT2D eigenvalue weighted by atomic mass is 16.5. The first kappa shape index (κ1) is 32.7. The Labute approximate surface area is 210 Å². The molecule has 0 heterocycles. The SMILES string of the molecule is C=CC(CCCCCCCCC)(CCCCCCCCC)C(CCCCCCCC)OCC. The summed E-state index contributed by atoms with van der Waals surface area (Å²) in [7, 11) is 0. The normalized spacial score (nSPS) is 12.8. The lowest BCUT2D eigenvalue weighted by atomic mass is 9.72. The molecule has 0 aromatic carbocycles. The van der Waals surface area contributed by atoms with E-state index in [9.17, 15) is 0 Å². The van der Waals surface area contributed by atoms with Gasteiger partial charge in [0.1, 0.15) is 0 Å². The quantitative estimate of drug-likeness (QED) is 0.0867. The molecule has 0 aromatic rings. The molecule has 0 rings (SSSR count). The second-order valence-corrected chi connectivity index (χ2v) is 10.7. The van der Waals surface area contributed by atoms with Gasteiger partial charge in [0.15, 0.2) is 0 Å². The summed E-state index contributed by atoms with van der Waals surface area (Å²) in [5, 5.41) is 0. The molecule has 0 aliphatic rings. The molecule has 198 valence electrons. The van der Waals surface area contributed by atoms with Crippen LogP contribution in [0, 0.1) is 5.41 Å². The van der Waals surface area contributed by atoms with Crippen LogP contribution < -0.4 is 0 Å². The van der Waals surface area contributed by atoms with Crippen LogP contribution in [0.1, 0.15) is 175 Å². The molecule has 0 spiro atoms. The second-order valence-electron chi connectivity index (χ2n) is 10.7. The van der Waals surface area contributed by atoms with Gasteiger partial charge in [-0.1, -0.05) is 155 Å². The van der Waals surface area contributed by atoms with Crippen LogP contribution in [-0.2, 0) is 4.74 Å². The fourth-order valence-corrected chi connectivity index (χ4v) is 5.45. The molecule has 33 heavy (non-hydrogen) atoms. The summed E-state index contributed by atoms with van der Waals surface area (Å²) < 4.78 is 6.48. The molecular formula is C32H64O. The third-order valence-electron chi connectivity index (χ3n) is 7.73. The average molecular weight is 465 g/mol. The zero-order chi connectivity index (χ0) is 24.5. The highest BCUT2D eigenvalue weighted by Crippen LogP contribution is 2.40. The Morgan fingerprint density at radius 2 is 0.909 bits per heavy atom. The number of rotatable bonds is 27. The highest BCUT2D eigenvalue weighted by molar-refractivity contribution is 5.00. The molecule has 0 aliphatic heterocycles. The van der Waals surface area contributed by atoms with Crippen LogP contribution in [-0.4, -0.2) is 12.7 Å². The molecule has 1 atom stereocenters. The maximum atomic E-state index is 6.48. The zero-order valence-corrected chi connectivity index (χ0v) is 23.7. The van der Waals surface area contributed by atoms with Gasteiger partial charge in [-0.25, -0.2) is 0 Å². The molecule has 1 nitrogen and oxygen atoms in total. The Morgan fingerprint density at radius 1 is 0.545 bits per heavy atom. The van der Waals surface area contributed by atoms with Crippen molar-refractivity contribution in [3.05, 3.63) is 12.7 Å². The Morgan fingerprint density at radius 3 is 1.27 bits per heavy atom. The lowest BCUT2D eigenvalue weighted by Crippen LogP contribution is -2.36. The van der Waals surface area contributed by atoms with Crippen LogP contribution in [0.3, 0.4) is 0 Å². The molecule has 1 heteroatoms. The van der Waals surface area contributed by atoms with Crippen LogP contribution >= 0.6 is 0 Å². The summed E-state index contributed by atoms with van der Waals surface area (Å²) in [5.41, 5.74) is 0.187. The second kappa shape index (κ2) is 24.8. The lowest BCUT2D eigenvalue weighted by molar-refractivity contribution is -0.0298. The van der Waals surface area contributed by atoms with E-state index in [0.29, 0.717) is 6.10 Å². The van der Waals surface area contributed by atoms with Gasteiger partial charge in [0.2, 0.25) is 0 Å². The first-order valence-electron chi connectivity index (χ1n) is 15.5. The van der Waals surface area contributed by atoms with E-state index in [0.717, 1.165) is 6.61 Å². The Kier molecular flexibility index (Phi) is 24.6. The topological polar surface area (TPSA) is 9.23 Å². The van der Waals surface area contributed by atoms with Crippen LogP contribution in [0.4, 0.5) is 0 Å². The van der Waals surface area contributed by atoms with Gasteiger partial charge >= 0.3 is 0 Å². The van der Waals surface area contributed by atoms with Crippen LogP contribution in [0.15, 0.2) is 12.7 Å². The molecule has 0 saturated heterocycles. The number of hydrogen-bond acceptors (Lipinski definition) is 1. The van der Waals surface area contributed by atoms with E-state index in [1.807, 2.05) is 0 Å².